The fourth-order valence-corrected chi connectivity index (χ4v) is 3.05. The minimum atomic E-state index is -2.59. The van der Waals surface area contributed by atoms with E-state index in [1.807, 2.05) is 0 Å². The SMILES string of the molecule is CC=C(C(=O)O)P(=O)(CC)CC. The van der Waals surface area contributed by atoms with Gasteiger partial charge in [0, 0.05) is 12.3 Å². The molecule has 0 amide bonds. The maximum absolute atomic E-state index is 11.9. The molecule has 0 aliphatic heterocycles. The fourth-order valence-electron chi connectivity index (χ4n) is 1.10. The third kappa shape index (κ3) is 2.21. The molecule has 0 aromatic carbocycles. The van der Waals surface area contributed by atoms with Crippen molar-refractivity contribution in [1.82, 2.24) is 0 Å². The summed E-state index contributed by atoms with van der Waals surface area (Å²) < 4.78 is 11.9. The third-order valence-electron chi connectivity index (χ3n) is 1.95. The molecule has 0 aromatic heterocycles. The maximum atomic E-state index is 11.9. The Morgan fingerprint density at radius 2 is 1.83 bits per heavy atom. The van der Waals surface area contributed by atoms with Gasteiger partial charge in [0.2, 0.25) is 0 Å². The molecule has 0 saturated carbocycles. The average Bonchev–Trinajstić information content (AvgIpc) is 2.04. The normalized spacial score (nSPS) is 13.1. The Kier molecular flexibility index (Phi) is 4.25. The molecule has 0 aliphatic rings. The van der Waals surface area contributed by atoms with Gasteiger partial charge in [0.25, 0.3) is 0 Å². The summed E-state index contributed by atoms with van der Waals surface area (Å²) in [5.74, 6) is -1.05. The van der Waals surface area contributed by atoms with E-state index in [0.29, 0.717) is 12.3 Å². The van der Waals surface area contributed by atoms with Crippen LogP contribution in [0.3, 0.4) is 0 Å². The van der Waals surface area contributed by atoms with Gasteiger partial charge in [-0.1, -0.05) is 19.9 Å². The van der Waals surface area contributed by atoms with Crippen molar-refractivity contribution in [3.63, 3.8) is 0 Å². The molecule has 0 aromatic rings. The number of allylic oxidation sites excluding steroid dienone is 1. The van der Waals surface area contributed by atoms with E-state index in [-0.39, 0.29) is 5.31 Å². The molecular formula is C8H15O3P. The van der Waals surface area contributed by atoms with Crippen LogP contribution in [0.4, 0.5) is 0 Å². The third-order valence-corrected chi connectivity index (χ3v) is 5.32. The van der Waals surface area contributed by atoms with Crippen LogP contribution in [0.5, 0.6) is 0 Å². The van der Waals surface area contributed by atoms with Crippen LogP contribution in [0, 0.1) is 0 Å². The molecule has 70 valence electrons. The number of carbonyl (C=O) groups is 1. The van der Waals surface area contributed by atoms with Crippen LogP contribution in [0.1, 0.15) is 20.8 Å². The highest BCUT2D eigenvalue weighted by Crippen LogP contribution is 2.52. The Bertz CT molecular complexity index is 235. The molecule has 0 bridgehead atoms. The first-order chi connectivity index (χ1) is 5.51. The highest BCUT2D eigenvalue weighted by molar-refractivity contribution is 7.69. The minimum Gasteiger partial charge on any atom is -0.478 e. The molecule has 0 aliphatic carbocycles. The van der Waals surface area contributed by atoms with Gasteiger partial charge >= 0.3 is 5.97 Å². The van der Waals surface area contributed by atoms with Crippen LogP contribution in [0.25, 0.3) is 0 Å². The monoisotopic (exact) mass is 190 g/mol. The highest BCUT2D eigenvalue weighted by atomic mass is 31.2. The van der Waals surface area contributed by atoms with Crippen molar-refractivity contribution in [2.24, 2.45) is 0 Å². The van der Waals surface area contributed by atoms with E-state index >= 15 is 0 Å². The summed E-state index contributed by atoms with van der Waals surface area (Å²) in [5.41, 5.74) is 0. The van der Waals surface area contributed by atoms with Crippen molar-refractivity contribution in [2.45, 2.75) is 20.8 Å². The molecule has 0 heterocycles. The molecular weight excluding hydrogens is 175 g/mol. The lowest BCUT2D eigenvalue weighted by Gasteiger charge is -2.13. The summed E-state index contributed by atoms with van der Waals surface area (Å²) in [5, 5.41) is 8.82. The molecule has 0 saturated heterocycles. The lowest BCUT2D eigenvalue weighted by molar-refractivity contribution is -0.131. The quantitative estimate of drug-likeness (QED) is 0.547. The zero-order valence-electron chi connectivity index (χ0n) is 7.70. The molecule has 0 spiro atoms. The number of carboxylic acid groups (broad SMARTS) is 1. The van der Waals surface area contributed by atoms with E-state index in [0.717, 1.165) is 0 Å². The molecule has 0 rings (SSSR count). The topological polar surface area (TPSA) is 54.4 Å². The van der Waals surface area contributed by atoms with Gasteiger partial charge in [-0.15, -0.1) is 0 Å². The smallest absolute Gasteiger partial charge is 0.338 e. The number of hydrogen-bond donors (Lipinski definition) is 1. The molecule has 12 heavy (non-hydrogen) atoms. The van der Waals surface area contributed by atoms with E-state index in [4.69, 9.17) is 5.11 Å². The fraction of sp³-hybridized carbons (Fsp3) is 0.625. The van der Waals surface area contributed by atoms with Gasteiger partial charge in [-0.2, -0.15) is 0 Å². The van der Waals surface area contributed by atoms with E-state index in [9.17, 15) is 9.36 Å². The van der Waals surface area contributed by atoms with E-state index in [1.165, 1.54) is 6.08 Å². The van der Waals surface area contributed by atoms with Gasteiger partial charge in [0.05, 0.1) is 5.31 Å². The largest absolute Gasteiger partial charge is 0.478 e. The van der Waals surface area contributed by atoms with Crippen molar-refractivity contribution in [2.75, 3.05) is 12.3 Å². The zero-order chi connectivity index (χ0) is 9.78. The lowest BCUT2D eigenvalue weighted by Crippen LogP contribution is -2.04. The van der Waals surface area contributed by atoms with Crippen LogP contribution >= 0.6 is 7.14 Å². The van der Waals surface area contributed by atoms with Crippen LogP contribution in [0.15, 0.2) is 11.4 Å². The molecule has 4 heteroatoms. The molecule has 1 N–H and O–H groups in total. The Morgan fingerprint density at radius 1 is 1.42 bits per heavy atom. The van der Waals surface area contributed by atoms with Crippen molar-refractivity contribution in [3.05, 3.63) is 11.4 Å². The minimum absolute atomic E-state index is 0.0903. The zero-order valence-corrected chi connectivity index (χ0v) is 8.60. The average molecular weight is 190 g/mol. The van der Waals surface area contributed by atoms with Gasteiger partial charge in [0.15, 0.2) is 0 Å². The van der Waals surface area contributed by atoms with Crippen molar-refractivity contribution in [3.8, 4) is 0 Å². The first-order valence-electron chi connectivity index (χ1n) is 4.00. The van der Waals surface area contributed by atoms with E-state index in [1.54, 1.807) is 20.8 Å². The van der Waals surface area contributed by atoms with Crippen LogP contribution in [-0.2, 0) is 9.36 Å². The summed E-state index contributed by atoms with van der Waals surface area (Å²) in [7, 11) is -2.59. The molecule has 0 radical (unpaired) electrons. The van der Waals surface area contributed by atoms with Gasteiger partial charge in [-0.25, -0.2) is 4.79 Å². The standard InChI is InChI=1S/C8H15O3P/c1-4-7(8(9)10)12(11,5-2)6-3/h4H,5-6H2,1-3H3,(H,9,10). The van der Waals surface area contributed by atoms with Gasteiger partial charge in [0.1, 0.15) is 7.14 Å². The first kappa shape index (κ1) is 11.4. The second-order valence-corrected chi connectivity index (χ2v) is 6.03. The Morgan fingerprint density at radius 3 is 1.92 bits per heavy atom. The summed E-state index contributed by atoms with van der Waals surface area (Å²) >= 11 is 0. The predicted octanol–water partition coefficient (Wildman–Crippen LogP) is 2.38. The van der Waals surface area contributed by atoms with Crippen molar-refractivity contribution in [1.29, 1.82) is 0 Å². The van der Waals surface area contributed by atoms with E-state index in [2.05, 4.69) is 0 Å². The summed E-state index contributed by atoms with van der Waals surface area (Å²) in [6.45, 7) is 5.13. The Labute approximate surface area is 72.8 Å². The van der Waals surface area contributed by atoms with Crippen LogP contribution in [-0.4, -0.2) is 23.4 Å². The number of carboxylic acids is 1. The van der Waals surface area contributed by atoms with Crippen molar-refractivity contribution < 1.29 is 14.5 Å². The molecule has 3 nitrogen and oxygen atoms in total. The van der Waals surface area contributed by atoms with Crippen LogP contribution < -0.4 is 0 Å². The molecule has 0 unspecified atom stereocenters. The Balaban J connectivity index is 4.97. The first-order valence-corrected chi connectivity index (χ1v) is 6.07. The number of aliphatic carboxylic acids is 1. The predicted molar refractivity (Wildman–Crippen MR) is 50.1 cm³/mol. The lowest BCUT2D eigenvalue weighted by atomic mass is 10.5. The van der Waals surface area contributed by atoms with Crippen molar-refractivity contribution >= 4 is 13.1 Å². The second kappa shape index (κ2) is 4.46. The molecule has 0 atom stereocenters. The highest BCUT2D eigenvalue weighted by Gasteiger charge is 2.27. The van der Waals surface area contributed by atoms with E-state index < -0.39 is 13.1 Å². The Hall–Kier alpha value is -0.560. The van der Waals surface area contributed by atoms with Crippen LogP contribution in [0.2, 0.25) is 0 Å². The van der Waals surface area contributed by atoms with Gasteiger partial charge in [-0.3, -0.25) is 0 Å². The van der Waals surface area contributed by atoms with Gasteiger partial charge < -0.3 is 9.67 Å². The summed E-state index contributed by atoms with van der Waals surface area (Å²) in [4.78, 5) is 10.7. The number of hydrogen-bond acceptors (Lipinski definition) is 2. The van der Waals surface area contributed by atoms with Gasteiger partial charge in [-0.05, 0) is 6.92 Å². The summed E-state index contributed by atoms with van der Waals surface area (Å²) in [6, 6.07) is 0. The number of rotatable bonds is 4. The second-order valence-electron chi connectivity index (χ2n) is 2.50. The molecule has 0 fully saturated rings. The maximum Gasteiger partial charge on any atom is 0.338 e. The summed E-state index contributed by atoms with van der Waals surface area (Å²) in [6.07, 6.45) is 2.29.